The van der Waals surface area contributed by atoms with Crippen LogP contribution >= 0.6 is 11.6 Å². The number of nitrogens with zero attached hydrogens (tertiary/aromatic N) is 2. The van der Waals surface area contributed by atoms with Crippen LogP contribution in [0.2, 0.25) is 5.15 Å². The Morgan fingerprint density at radius 1 is 1.15 bits per heavy atom. The Bertz CT molecular complexity index is 594. The van der Waals surface area contributed by atoms with E-state index < -0.39 is 0 Å². The van der Waals surface area contributed by atoms with E-state index >= 15 is 0 Å². The van der Waals surface area contributed by atoms with Gasteiger partial charge in [0.2, 0.25) is 0 Å². The van der Waals surface area contributed by atoms with Crippen LogP contribution in [-0.4, -0.2) is 16.1 Å². The van der Waals surface area contributed by atoms with Crippen molar-refractivity contribution < 1.29 is 4.74 Å². The molecule has 0 fully saturated rings. The van der Waals surface area contributed by atoms with E-state index in [9.17, 15) is 0 Å². The Hall–Kier alpha value is -1.61. The molecule has 0 unspecified atom stereocenters. The van der Waals surface area contributed by atoms with Crippen LogP contribution in [0.25, 0.3) is 11.3 Å². The van der Waals surface area contributed by atoms with E-state index in [0.29, 0.717) is 5.15 Å². The molecule has 0 bridgehead atoms. The van der Waals surface area contributed by atoms with Crippen LogP contribution in [0, 0.1) is 6.92 Å². The first-order chi connectivity index (χ1) is 9.51. The highest BCUT2D eigenvalue weighted by atomic mass is 35.5. The molecule has 0 radical (unpaired) electrons. The van der Waals surface area contributed by atoms with Gasteiger partial charge in [-0.3, -0.25) is 0 Å². The van der Waals surface area contributed by atoms with Gasteiger partial charge >= 0.3 is 0 Å². The molecule has 1 aromatic carbocycles. The molecular weight excluding hydrogens is 272 g/mol. The van der Waals surface area contributed by atoms with Crippen molar-refractivity contribution in [2.45, 2.75) is 40.2 Å². The highest BCUT2D eigenvalue weighted by Gasteiger charge is 2.11. The highest BCUT2D eigenvalue weighted by Crippen LogP contribution is 2.27. The third-order valence-electron chi connectivity index (χ3n) is 2.95. The number of benzene rings is 1. The predicted octanol–water partition coefficient (Wildman–Crippen LogP) is 4.46. The molecule has 2 aromatic rings. The molecule has 20 heavy (non-hydrogen) atoms. The summed E-state index contributed by atoms with van der Waals surface area (Å²) in [6, 6.07) is 7.92. The number of aryl methyl sites for hydroxylation is 1. The van der Waals surface area contributed by atoms with E-state index in [-0.39, 0.29) is 6.10 Å². The fourth-order valence-corrected chi connectivity index (χ4v) is 2.12. The maximum atomic E-state index is 6.17. The summed E-state index contributed by atoms with van der Waals surface area (Å²) in [6.45, 7) is 7.98. The summed E-state index contributed by atoms with van der Waals surface area (Å²) in [6.07, 6.45) is 0.935. The summed E-state index contributed by atoms with van der Waals surface area (Å²) < 4.78 is 5.65. The van der Waals surface area contributed by atoms with E-state index in [4.69, 9.17) is 16.3 Å². The Labute approximate surface area is 125 Å². The summed E-state index contributed by atoms with van der Waals surface area (Å²) in [4.78, 5) is 8.84. The van der Waals surface area contributed by atoms with Gasteiger partial charge < -0.3 is 4.74 Å². The summed E-state index contributed by atoms with van der Waals surface area (Å²) in [5.74, 6) is 1.62. The lowest BCUT2D eigenvalue weighted by Crippen LogP contribution is -2.05. The number of aromatic nitrogens is 2. The van der Waals surface area contributed by atoms with Crippen LogP contribution in [0.4, 0.5) is 0 Å². The van der Waals surface area contributed by atoms with E-state index in [1.165, 1.54) is 0 Å². The van der Waals surface area contributed by atoms with E-state index in [1.807, 2.05) is 52.0 Å². The summed E-state index contributed by atoms with van der Waals surface area (Å²) in [7, 11) is 0. The molecule has 4 heteroatoms. The lowest BCUT2D eigenvalue weighted by molar-refractivity contribution is 0.242. The van der Waals surface area contributed by atoms with Gasteiger partial charge in [-0.05, 0) is 45.0 Å². The first-order valence-corrected chi connectivity index (χ1v) is 7.19. The van der Waals surface area contributed by atoms with Gasteiger partial charge in [-0.1, -0.05) is 18.5 Å². The average Bonchev–Trinajstić information content (AvgIpc) is 2.42. The zero-order valence-electron chi connectivity index (χ0n) is 12.3. The van der Waals surface area contributed by atoms with E-state index in [0.717, 1.165) is 34.8 Å². The van der Waals surface area contributed by atoms with E-state index in [1.54, 1.807) is 0 Å². The molecule has 2 rings (SSSR count). The van der Waals surface area contributed by atoms with Crippen molar-refractivity contribution in [2.24, 2.45) is 0 Å². The van der Waals surface area contributed by atoms with Crippen molar-refractivity contribution in [3.05, 3.63) is 40.8 Å². The van der Waals surface area contributed by atoms with Gasteiger partial charge in [0.15, 0.2) is 0 Å². The number of ether oxygens (including phenoxy) is 1. The third-order valence-corrected chi connectivity index (χ3v) is 3.32. The SMILES string of the molecule is CCc1nc(Cl)c(C)c(-c2ccc(OC(C)C)cc2)n1. The second kappa shape index (κ2) is 6.23. The molecule has 0 aliphatic heterocycles. The van der Waals surface area contributed by atoms with Crippen molar-refractivity contribution in [2.75, 3.05) is 0 Å². The Morgan fingerprint density at radius 2 is 1.80 bits per heavy atom. The van der Waals surface area contributed by atoms with Crippen LogP contribution in [0.3, 0.4) is 0 Å². The molecular formula is C16H19ClN2O. The van der Waals surface area contributed by atoms with Crippen LogP contribution in [0.1, 0.15) is 32.2 Å². The van der Waals surface area contributed by atoms with Gasteiger partial charge in [0.05, 0.1) is 11.8 Å². The molecule has 1 heterocycles. The zero-order valence-corrected chi connectivity index (χ0v) is 13.0. The number of rotatable bonds is 4. The predicted molar refractivity (Wildman–Crippen MR) is 82.4 cm³/mol. The molecule has 0 amide bonds. The monoisotopic (exact) mass is 290 g/mol. The van der Waals surface area contributed by atoms with Crippen LogP contribution in [0.15, 0.2) is 24.3 Å². The van der Waals surface area contributed by atoms with Crippen LogP contribution < -0.4 is 4.74 Å². The zero-order chi connectivity index (χ0) is 14.7. The first kappa shape index (κ1) is 14.8. The minimum Gasteiger partial charge on any atom is -0.491 e. The Kier molecular flexibility index (Phi) is 4.61. The first-order valence-electron chi connectivity index (χ1n) is 6.81. The van der Waals surface area contributed by atoms with Crippen molar-refractivity contribution in [3.8, 4) is 17.0 Å². The molecule has 0 atom stereocenters. The van der Waals surface area contributed by atoms with Crippen LogP contribution in [-0.2, 0) is 6.42 Å². The van der Waals surface area contributed by atoms with Crippen molar-refractivity contribution in [1.29, 1.82) is 0 Å². The quantitative estimate of drug-likeness (QED) is 0.780. The maximum absolute atomic E-state index is 6.17. The summed E-state index contributed by atoms with van der Waals surface area (Å²) >= 11 is 6.17. The fourth-order valence-electron chi connectivity index (χ4n) is 1.94. The second-order valence-corrected chi connectivity index (χ2v) is 5.31. The van der Waals surface area contributed by atoms with Gasteiger partial charge in [-0.15, -0.1) is 0 Å². The summed E-state index contributed by atoms with van der Waals surface area (Å²) in [5, 5.41) is 0.523. The second-order valence-electron chi connectivity index (χ2n) is 4.95. The molecule has 0 saturated heterocycles. The largest absolute Gasteiger partial charge is 0.491 e. The van der Waals surface area contributed by atoms with E-state index in [2.05, 4.69) is 9.97 Å². The van der Waals surface area contributed by atoms with Gasteiger partial charge in [-0.25, -0.2) is 9.97 Å². The Balaban J connectivity index is 2.38. The Morgan fingerprint density at radius 3 is 2.35 bits per heavy atom. The normalized spacial score (nSPS) is 10.9. The molecule has 1 aromatic heterocycles. The van der Waals surface area contributed by atoms with Crippen molar-refractivity contribution in [1.82, 2.24) is 9.97 Å². The van der Waals surface area contributed by atoms with Gasteiger partial charge in [0.1, 0.15) is 16.7 Å². The molecule has 0 N–H and O–H groups in total. The maximum Gasteiger partial charge on any atom is 0.136 e. The molecule has 0 aliphatic rings. The highest BCUT2D eigenvalue weighted by molar-refractivity contribution is 6.30. The third kappa shape index (κ3) is 3.28. The van der Waals surface area contributed by atoms with Gasteiger partial charge in [0, 0.05) is 17.5 Å². The van der Waals surface area contributed by atoms with Crippen molar-refractivity contribution in [3.63, 3.8) is 0 Å². The topological polar surface area (TPSA) is 35.0 Å². The summed E-state index contributed by atoms with van der Waals surface area (Å²) in [5.41, 5.74) is 2.82. The smallest absolute Gasteiger partial charge is 0.136 e. The standard InChI is InChI=1S/C16H19ClN2O/c1-5-14-18-15(11(4)16(17)19-14)12-6-8-13(9-7-12)20-10(2)3/h6-10H,5H2,1-4H3. The van der Waals surface area contributed by atoms with Crippen molar-refractivity contribution >= 4 is 11.6 Å². The van der Waals surface area contributed by atoms with Gasteiger partial charge in [0.25, 0.3) is 0 Å². The molecule has 0 saturated carbocycles. The molecule has 0 spiro atoms. The number of hydrogen-bond acceptors (Lipinski definition) is 3. The average molecular weight is 291 g/mol. The molecule has 3 nitrogen and oxygen atoms in total. The minimum atomic E-state index is 0.169. The van der Waals surface area contributed by atoms with Gasteiger partial charge in [-0.2, -0.15) is 0 Å². The molecule has 0 aliphatic carbocycles. The molecule has 106 valence electrons. The fraction of sp³-hybridized carbons (Fsp3) is 0.375. The number of hydrogen-bond donors (Lipinski definition) is 0. The number of halogens is 1. The lowest BCUT2D eigenvalue weighted by Gasteiger charge is -2.11. The minimum absolute atomic E-state index is 0.169. The van der Waals surface area contributed by atoms with Crippen LogP contribution in [0.5, 0.6) is 5.75 Å². The lowest BCUT2D eigenvalue weighted by atomic mass is 10.1.